The quantitative estimate of drug-likeness (QED) is 0.647. The standard InChI is InChI=1S/C20H21N5O3/c1-4-28-19(27)15-12-24(23-22-15)18-17-14(16(26)10-20(18,2)3)11-21-25(17)13-8-6-5-7-9-13/h5-9,11-12,18H,4,10H2,1-3H3. The number of aromatic nitrogens is 5. The van der Waals surface area contributed by atoms with Crippen LogP contribution in [0.15, 0.2) is 42.7 Å². The molecule has 0 saturated carbocycles. The largest absolute Gasteiger partial charge is 0.461 e. The van der Waals surface area contributed by atoms with E-state index in [0.717, 1.165) is 11.4 Å². The maximum atomic E-state index is 12.7. The van der Waals surface area contributed by atoms with E-state index in [1.54, 1.807) is 28.7 Å². The Balaban J connectivity index is 1.86. The van der Waals surface area contributed by atoms with E-state index in [4.69, 9.17) is 4.74 Å². The molecule has 2 aromatic heterocycles. The van der Waals surface area contributed by atoms with Gasteiger partial charge in [-0.25, -0.2) is 14.2 Å². The van der Waals surface area contributed by atoms with Gasteiger partial charge in [-0.05, 0) is 19.1 Å². The molecule has 144 valence electrons. The monoisotopic (exact) mass is 379 g/mol. The van der Waals surface area contributed by atoms with Crippen molar-refractivity contribution in [1.82, 2.24) is 24.8 Å². The first-order chi connectivity index (χ1) is 13.4. The minimum Gasteiger partial charge on any atom is -0.461 e. The highest BCUT2D eigenvalue weighted by Crippen LogP contribution is 2.46. The van der Waals surface area contributed by atoms with E-state index in [1.165, 1.54) is 0 Å². The second kappa shape index (κ2) is 6.70. The number of fused-ring (bicyclic) bond motifs is 1. The van der Waals surface area contributed by atoms with Crippen LogP contribution < -0.4 is 0 Å². The van der Waals surface area contributed by atoms with Crippen LogP contribution in [0.25, 0.3) is 5.69 Å². The van der Waals surface area contributed by atoms with E-state index in [-0.39, 0.29) is 24.1 Å². The Hall–Kier alpha value is -3.29. The third-order valence-corrected chi connectivity index (χ3v) is 4.98. The zero-order valence-corrected chi connectivity index (χ0v) is 16.0. The van der Waals surface area contributed by atoms with Crippen molar-refractivity contribution in [2.24, 2.45) is 5.41 Å². The van der Waals surface area contributed by atoms with Crippen LogP contribution in [0.2, 0.25) is 0 Å². The average Bonchev–Trinajstić information content (AvgIpc) is 3.30. The second-order valence-corrected chi connectivity index (χ2v) is 7.49. The Morgan fingerprint density at radius 2 is 2.04 bits per heavy atom. The maximum Gasteiger partial charge on any atom is 0.360 e. The van der Waals surface area contributed by atoms with Crippen molar-refractivity contribution in [2.45, 2.75) is 33.2 Å². The summed E-state index contributed by atoms with van der Waals surface area (Å²) in [6.45, 7) is 6.02. The lowest BCUT2D eigenvalue weighted by Gasteiger charge is -2.37. The Labute approximate surface area is 162 Å². The Morgan fingerprint density at radius 1 is 1.29 bits per heavy atom. The van der Waals surface area contributed by atoms with Gasteiger partial charge < -0.3 is 4.74 Å². The average molecular weight is 379 g/mol. The number of benzene rings is 1. The van der Waals surface area contributed by atoms with Crippen LogP contribution in [0, 0.1) is 5.41 Å². The van der Waals surface area contributed by atoms with Gasteiger partial charge in [0.05, 0.1) is 35.9 Å². The molecule has 0 bridgehead atoms. The number of carbonyl (C=O) groups is 2. The summed E-state index contributed by atoms with van der Waals surface area (Å²) >= 11 is 0. The van der Waals surface area contributed by atoms with E-state index in [2.05, 4.69) is 15.4 Å². The zero-order chi connectivity index (χ0) is 19.9. The molecule has 8 heteroatoms. The number of esters is 1. The predicted octanol–water partition coefficient (Wildman–Crippen LogP) is 2.84. The molecular weight excluding hydrogens is 358 g/mol. The number of ether oxygens (including phenoxy) is 1. The van der Waals surface area contributed by atoms with E-state index in [0.29, 0.717) is 12.0 Å². The number of para-hydroxylation sites is 1. The van der Waals surface area contributed by atoms with Crippen LogP contribution in [0.1, 0.15) is 59.8 Å². The van der Waals surface area contributed by atoms with Crippen molar-refractivity contribution in [3.8, 4) is 5.69 Å². The number of nitrogens with zero attached hydrogens (tertiary/aromatic N) is 5. The van der Waals surface area contributed by atoms with Crippen LogP contribution in [-0.2, 0) is 4.74 Å². The van der Waals surface area contributed by atoms with Gasteiger partial charge in [0.1, 0.15) is 6.04 Å². The van der Waals surface area contributed by atoms with Crippen molar-refractivity contribution < 1.29 is 14.3 Å². The molecule has 0 saturated heterocycles. The fourth-order valence-corrected chi connectivity index (χ4v) is 3.77. The fourth-order valence-electron chi connectivity index (χ4n) is 3.77. The molecule has 4 rings (SSSR count). The summed E-state index contributed by atoms with van der Waals surface area (Å²) in [5.41, 5.74) is 1.86. The summed E-state index contributed by atoms with van der Waals surface area (Å²) in [4.78, 5) is 24.8. The number of carbonyl (C=O) groups excluding carboxylic acids is 2. The minimum atomic E-state index is -0.518. The highest BCUT2D eigenvalue weighted by atomic mass is 16.5. The van der Waals surface area contributed by atoms with Crippen molar-refractivity contribution >= 4 is 11.8 Å². The first-order valence-corrected chi connectivity index (χ1v) is 9.18. The lowest BCUT2D eigenvalue weighted by Crippen LogP contribution is -2.37. The predicted molar refractivity (Wildman–Crippen MR) is 100 cm³/mol. The van der Waals surface area contributed by atoms with Gasteiger partial charge in [0.15, 0.2) is 11.5 Å². The van der Waals surface area contributed by atoms with Crippen LogP contribution in [-0.4, -0.2) is 43.1 Å². The lowest BCUT2D eigenvalue weighted by atomic mass is 9.72. The molecule has 0 radical (unpaired) electrons. The molecule has 1 aliphatic carbocycles. The van der Waals surface area contributed by atoms with Crippen molar-refractivity contribution in [3.63, 3.8) is 0 Å². The highest BCUT2D eigenvalue weighted by Gasteiger charge is 2.45. The van der Waals surface area contributed by atoms with Gasteiger partial charge in [-0.3, -0.25) is 4.79 Å². The zero-order valence-electron chi connectivity index (χ0n) is 16.0. The number of hydrogen-bond acceptors (Lipinski definition) is 6. The van der Waals surface area contributed by atoms with Gasteiger partial charge in [0.25, 0.3) is 0 Å². The van der Waals surface area contributed by atoms with E-state index >= 15 is 0 Å². The van der Waals surface area contributed by atoms with Crippen LogP contribution >= 0.6 is 0 Å². The molecule has 0 fully saturated rings. The van der Waals surface area contributed by atoms with Crippen LogP contribution in [0.5, 0.6) is 0 Å². The molecule has 0 spiro atoms. The maximum absolute atomic E-state index is 12.7. The first-order valence-electron chi connectivity index (χ1n) is 9.18. The molecule has 1 aromatic carbocycles. The Bertz CT molecular complexity index is 1040. The fraction of sp³-hybridized carbons (Fsp3) is 0.350. The van der Waals surface area contributed by atoms with Crippen LogP contribution in [0.4, 0.5) is 0 Å². The number of rotatable bonds is 4. The van der Waals surface area contributed by atoms with Crippen molar-refractivity contribution in [1.29, 1.82) is 0 Å². The summed E-state index contributed by atoms with van der Waals surface area (Å²) in [6, 6.07) is 9.31. The Kier molecular flexibility index (Phi) is 4.33. The van der Waals surface area contributed by atoms with E-state index in [1.807, 2.05) is 44.2 Å². The van der Waals surface area contributed by atoms with Gasteiger partial charge in [0.2, 0.25) is 0 Å². The van der Waals surface area contributed by atoms with Gasteiger partial charge >= 0.3 is 5.97 Å². The Morgan fingerprint density at radius 3 is 2.75 bits per heavy atom. The smallest absolute Gasteiger partial charge is 0.360 e. The van der Waals surface area contributed by atoms with Gasteiger partial charge in [-0.15, -0.1) is 5.10 Å². The van der Waals surface area contributed by atoms with Gasteiger partial charge in [-0.1, -0.05) is 37.3 Å². The molecule has 8 nitrogen and oxygen atoms in total. The number of Topliss-reactive ketones (excluding diaryl/α,β-unsaturated/α-hetero) is 1. The summed E-state index contributed by atoms with van der Waals surface area (Å²) < 4.78 is 8.42. The molecule has 0 N–H and O–H groups in total. The molecule has 2 heterocycles. The molecule has 0 amide bonds. The third-order valence-electron chi connectivity index (χ3n) is 4.98. The minimum absolute atomic E-state index is 0.0455. The highest BCUT2D eigenvalue weighted by molar-refractivity contribution is 5.99. The molecule has 1 unspecified atom stereocenters. The molecule has 0 aliphatic heterocycles. The van der Waals surface area contributed by atoms with Crippen molar-refractivity contribution in [2.75, 3.05) is 6.61 Å². The van der Waals surface area contributed by atoms with E-state index < -0.39 is 11.4 Å². The van der Waals surface area contributed by atoms with Crippen LogP contribution in [0.3, 0.4) is 0 Å². The number of hydrogen-bond donors (Lipinski definition) is 0. The molecule has 3 aromatic rings. The molecule has 1 aliphatic rings. The summed E-state index contributed by atoms with van der Waals surface area (Å²) in [6.07, 6.45) is 3.53. The summed E-state index contributed by atoms with van der Waals surface area (Å²) in [5, 5.41) is 12.6. The number of ketones is 1. The van der Waals surface area contributed by atoms with Gasteiger partial charge in [-0.2, -0.15) is 5.10 Å². The second-order valence-electron chi connectivity index (χ2n) is 7.49. The normalized spacial score (nSPS) is 18.0. The van der Waals surface area contributed by atoms with Crippen molar-refractivity contribution in [3.05, 3.63) is 59.7 Å². The molecule has 1 atom stereocenters. The lowest BCUT2D eigenvalue weighted by molar-refractivity contribution is 0.0518. The molecular formula is C20H21N5O3. The van der Waals surface area contributed by atoms with E-state index in [9.17, 15) is 9.59 Å². The topological polar surface area (TPSA) is 91.9 Å². The first kappa shape index (κ1) is 18.1. The summed E-state index contributed by atoms with van der Waals surface area (Å²) in [7, 11) is 0. The molecule has 28 heavy (non-hydrogen) atoms. The summed E-state index contributed by atoms with van der Waals surface area (Å²) in [5.74, 6) is -0.473. The SMILES string of the molecule is CCOC(=O)c1cn(C2c3c(cnn3-c3ccccc3)C(=O)CC2(C)C)nn1. The third kappa shape index (κ3) is 2.90. The van der Waals surface area contributed by atoms with Gasteiger partial charge in [0, 0.05) is 11.8 Å².